The van der Waals surface area contributed by atoms with Crippen molar-refractivity contribution >= 4 is 29.1 Å². The molecular formula is C15H22N5O5+. The van der Waals surface area contributed by atoms with E-state index in [0.717, 1.165) is 0 Å². The fraction of sp³-hybridized carbons (Fsp3) is 0.400. The number of carbonyl (C=O) groups is 3. The van der Waals surface area contributed by atoms with Crippen molar-refractivity contribution in [2.24, 2.45) is 0 Å². The van der Waals surface area contributed by atoms with Gasteiger partial charge in [0, 0.05) is 17.8 Å². The first kappa shape index (κ1) is 20.0. The minimum absolute atomic E-state index is 0.0939. The van der Waals surface area contributed by atoms with Crippen molar-refractivity contribution in [2.45, 2.75) is 38.9 Å². The summed E-state index contributed by atoms with van der Waals surface area (Å²) in [5, 5.41) is 18.1. The van der Waals surface area contributed by atoms with Crippen LogP contribution < -0.4 is 21.7 Å². The number of hydrogen-bond acceptors (Lipinski definition) is 5. The summed E-state index contributed by atoms with van der Waals surface area (Å²) in [6, 6.07) is 3.13. The Labute approximate surface area is 144 Å². The number of benzene rings is 1. The van der Waals surface area contributed by atoms with Crippen LogP contribution in [0.1, 0.15) is 20.8 Å². The summed E-state index contributed by atoms with van der Waals surface area (Å²) in [5.41, 5.74) is 3.82. The maximum atomic E-state index is 12.1. The SMILES string of the molecule is C[C@H]([NH3+])C(=O)N[C@@H](C)C(=O)N[C@@H](C)C(=O)Nc1ccc([N+](=O)[O-])cc1. The average molecular weight is 352 g/mol. The summed E-state index contributed by atoms with van der Waals surface area (Å²) in [6.07, 6.45) is 0. The monoisotopic (exact) mass is 352 g/mol. The highest BCUT2D eigenvalue weighted by molar-refractivity contribution is 5.98. The average Bonchev–Trinajstić information content (AvgIpc) is 2.54. The molecule has 3 amide bonds. The highest BCUT2D eigenvalue weighted by Crippen LogP contribution is 2.15. The lowest BCUT2D eigenvalue weighted by Crippen LogP contribution is -2.67. The lowest BCUT2D eigenvalue weighted by atomic mass is 10.2. The van der Waals surface area contributed by atoms with E-state index in [9.17, 15) is 24.5 Å². The first-order valence-corrected chi connectivity index (χ1v) is 7.61. The first-order chi connectivity index (χ1) is 11.6. The van der Waals surface area contributed by atoms with Crippen LogP contribution in [0, 0.1) is 10.1 Å². The zero-order valence-electron chi connectivity index (χ0n) is 14.2. The number of carbonyl (C=O) groups excluding carboxylic acids is 3. The minimum Gasteiger partial charge on any atom is -0.348 e. The quantitative estimate of drug-likeness (QED) is 0.372. The molecule has 0 aliphatic carbocycles. The van der Waals surface area contributed by atoms with Gasteiger partial charge in [-0.2, -0.15) is 0 Å². The van der Waals surface area contributed by atoms with Crippen molar-refractivity contribution in [3.63, 3.8) is 0 Å². The molecule has 0 spiro atoms. The molecule has 0 radical (unpaired) electrons. The molecule has 0 unspecified atom stereocenters. The minimum atomic E-state index is -0.862. The van der Waals surface area contributed by atoms with Crippen LogP contribution in [-0.4, -0.2) is 40.8 Å². The normalized spacial score (nSPS) is 13.9. The molecule has 1 rings (SSSR count). The van der Waals surface area contributed by atoms with Gasteiger partial charge < -0.3 is 21.7 Å². The Kier molecular flexibility index (Phi) is 7.00. The van der Waals surface area contributed by atoms with Gasteiger partial charge in [-0.1, -0.05) is 0 Å². The Morgan fingerprint density at radius 1 is 0.960 bits per heavy atom. The molecule has 0 aliphatic heterocycles. The molecule has 0 saturated heterocycles. The molecule has 3 atom stereocenters. The van der Waals surface area contributed by atoms with Gasteiger partial charge in [0.2, 0.25) is 11.8 Å². The van der Waals surface area contributed by atoms with Crippen LogP contribution >= 0.6 is 0 Å². The second-order valence-electron chi connectivity index (χ2n) is 5.65. The molecule has 1 aromatic rings. The molecule has 10 nitrogen and oxygen atoms in total. The van der Waals surface area contributed by atoms with Crippen molar-refractivity contribution in [3.8, 4) is 0 Å². The van der Waals surface area contributed by atoms with Gasteiger partial charge in [0.25, 0.3) is 11.6 Å². The summed E-state index contributed by atoms with van der Waals surface area (Å²) in [4.78, 5) is 45.6. The van der Waals surface area contributed by atoms with Crippen LogP contribution in [0.5, 0.6) is 0 Å². The predicted octanol–water partition coefficient (Wildman–Crippen LogP) is -0.827. The first-order valence-electron chi connectivity index (χ1n) is 7.61. The van der Waals surface area contributed by atoms with Gasteiger partial charge >= 0.3 is 0 Å². The van der Waals surface area contributed by atoms with Gasteiger partial charge in [-0.15, -0.1) is 0 Å². The highest BCUT2D eigenvalue weighted by atomic mass is 16.6. The van der Waals surface area contributed by atoms with Crippen LogP contribution in [0.2, 0.25) is 0 Å². The van der Waals surface area contributed by atoms with Crippen molar-refractivity contribution in [2.75, 3.05) is 5.32 Å². The van der Waals surface area contributed by atoms with Gasteiger partial charge in [0.05, 0.1) is 4.92 Å². The van der Waals surface area contributed by atoms with E-state index >= 15 is 0 Å². The summed E-state index contributed by atoms with van der Waals surface area (Å²) >= 11 is 0. The lowest BCUT2D eigenvalue weighted by Gasteiger charge is -2.18. The number of rotatable bonds is 7. The number of nitrogens with one attached hydrogen (secondary N) is 3. The standard InChI is InChI=1S/C15H21N5O5/c1-8(16)13(21)17-9(2)14(22)18-10(3)15(23)19-11-4-6-12(7-5-11)20(24)25/h4-10H,16H2,1-3H3,(H,17,21)(H,18,22)(H,19,23)/p+1/t8-,9-,10-/m0/s1. The molecule has 0 heterocycles. The molecule has 0 fully saturated rings. The van der Waals surface area contributed by atoms with Gasteiger partial charge in [0.15, 0.2) is 6.04 Å². The molecular weight excluding hydrogens is 330 g/mol. The highest BCUT2D eigenvalue weighted by Gasteiger charge is 2.22. The van der Waals surface area contributed by atoms with E-state index in [2.05, 4.69) is 21.7 Å². The van der Waals surface area contributed by atoms with E-state index in [-0.39, 0.29) is 11.6 Å². The molecule has 136 valence electrons. The summed E-state index contributed by atoms with van der Waals surface area (Å²) in [5.74, 6) is -1.38. The van der Waals surface area contributed by atoms with Crippen molar-refractivity contribution in [1.82, 2.24) is 10.6 Å². The van der Waals surface area contributed by atoms with Gasteiger partial charge in [-0.05, 0) is 32.9 Å². The number of anilines is 1. The van der Waals surface area contributed by atoms with Crippen LogP contribution in [0.4, 0.5) is 11.4 Å². The van der Waals surface area contributed by atoms with E-state index in [0.29, 0.717) is 5.69 Å². The number of nitro benzene ring substituents is 1. The molecule has 0 aromatic heterocycles. The molecule has 0 bridgehead atoms. The van der Waals surface area contributed by atoms with E-state index in [1.54, 1.807) is 6.92 Å². The van der Waals surface area contributed by atoms with Crippen LogP contribution in [-0.2, 0) is 14.4 Å². The number of non-ortho nitro benzene ring substituents is 1. The Bertz CT molecular complexity index is 659. The van der Waals surface area contributed by atoms with Gasteiger partial charge in [0.1, 0.15) is 12.1 Å². The molecule has 0 aliphatic rings. The summed E-state index contributed by atoms with van der Waals surface area (Å²) in [6.45, 7) is 4.58. The number of quaternary nitrogens is 1. The molecule has 10 heteroatoms. The molecule has 25 heavy (non-hydrogen) atoms. The molecule has 1 aromatic carbocycles. The van der Waals surface area contributed by atoms with Crippen LogP contribution in [0.25, 0.3) is 0 Å². The van der Waals surface area contributed by atoms with Crippen molar-refractivity contribution < 1.29 is 25.0 Å². The summed E-state index contributed by atoms with van der Waals surface area (Å²) in [7, 11) is 0. The van der Waals surface area contributed by atoms with Gasteiger partial charge in [-0.3, -0.25) is 24.5 Å². The number of hydrogen-bond donors (Lipinski definition) is 4. The third kappa shape index (κ3) is 6.18. The van der Waals surface area contributed by atoms with E-state index < -0.39 is 34.9 Å². The fourth-order valence-corrected chi connectivity index (χ4v) is 1.74. The Morgan fingerprint density at radius 3 is 1.92 bits per heavy atom. The maximum absolute atomic E-state index is 12.1. The van der Waals surface area contributed by atoms with Crippen LogP contribution in [0.15, 0.2) is 24.3 Å². The van der Waals surface area contributed by atoms with E-state index in [4.69, 9.17) is 0 Å². The third-order valence-corrected chi connectivity index (χ3v) is 3.30. The molecule has 6 N–H and O–H groups in total. The zero-order valence-corrected chi connectivity index (χ0v) is 14.2. The second kappa shape index (κ2) is 8.73. The van der Waals surface area contributed by atoms with Crippen molar-refractivity contribution in [3.05, 3.63) is 34.4 Å². The van der Waals surface area contributed by atoms with E-state index in [1.807, 2.05) is 0 Å². The number of amides is 3. The second-order valence-corrected chi connectivity index (χ2v) is 5.65. The lowest BCUT2D eigenvalue weighted by molar-refractivity contribution is -0.398. The predicted molar refractivity (Wildman–Crippen MR) is 89.3 cm³/mol. The largest absolute Gasteiger partial charge is 0.348 e. The van der Waals surface area contributed by atoms with Crippen molar-refractivity contribution in [1.29, 1.82) is 0 Å². The Hall–Kier alpha value is -3.01. The Morgan fingerprint density at radius 2 is 1.44 bits per heavy atom. The topological polar surface area (TPSA) is 158 Å². The number of nitro groups is 1. The third-order valence-electron chi connectivity index (χ3n) is 3.30. The fourth-order valence-electron chi connectivity index (χ4n) is 1.74. The summed E-state index contributed by atoms with van der Waals surface area (Å²) < 4.78 is 0. The number of nitrogens with zero attached hydrogens (tertiary/aromatic N) is 1. The van der Waals surface area contributed by atoms with E-state index in [1.165, 1.54) is 38.1 Å². The van der Waals surface area contributed by atoms with Gasteiger partial charge in [-0.25, -0.2) is 0 Å². The smallest absolute Gasteiger partial charge is 0.278 e. The maximum Gasteiger partial charge on any atom is 0.278 e. The molecule has 0 saturated carbocycles. The zero-order chi connectivity index (χ0) is 19.1. The Balaban J connectivity index is 2.57. The van der Waals surface area contributed by atoms with Crippen LogP contribution in [0.3, 0.4) is 0 Å².